The molecule has 0 aliphatic carbocycles. The summed E-state index contributed by atoms with van der Waals surface area (Å²) in [6.45, 7) is 0.754. The molecule has 1 unspecified atom stereocenters. The molecule has 5 heteroatoms. The summed E-state index contributed by atoms with van der Waals surface area (Å²) in [5.41, 5.74) is 5.41. The molecule has 0 amide bonds. The zero-order valence-corrected chi connectivity index (χ0v) is 16.3. The quantitative estimate of drug-likeness (QED) is 0.431. The van der Waals surface area contributed by atoms with Crippen LogP contribution in [-0.4, -0.2) is 19.9 Å². The van der Waals surface area contributed by atoms with Crippen molar-refractivity contribution >= 4 is 27.8 Å². The molecule has 0 saturated heterocycles. The SMILES string of the molecule is c1ccc2c(c1)CC(c1ncc3ccccc3n1)N(c1cnc3ccccc3n1)C2. The van der Waals surface area contributed by atoms with Gasteiger partial charge in [-0.3, -0.25) is 4.98 Å². The van der Waals surface area contributed by atoms with E-state index in [1.165, 1.54) is 11.1 Å². The predicted molar refractivity (Wildman–Crippen MR) is 118 cm³/mol. The van der Waals surface area contributed by atoms with Crippen LogP contribution < -0.4 is 4.90 Å². The van der Waals surface area contributed by atoms with Crippen LogP contribution in [0.1, 0.15) is 23.0 Å². The highest BCUT2D eigenvalue weighted by molar-refractivity contribution is 5.77. The molecule has 1 aliphatic rings. The Kier molecular flexibility index (Phi) is 3.91. The van der Waals surface area contributed by atoms with Crippen LogP contribution in [0.25, 0.3) is 21.9 Å². The van der Waals surface area contributed by atoms with Gasteiger partial charge in [0.05, 0.1) is 28.8 Å². The van der Waals surface area contributed by atoms with Gasteiger partial charge in [-0.05, 0) is 29.3 Å². The van der Waals surface area contributed by atoms with Crippen molar-refractivity contribution in [2.45, 2.75) is 19.0 Å². The first-order valence-corrected chi connectivity index (χ1v) is 10.1. The van der Waals surface area contributed by atoms with Crippen molar-refractivity contribution in [1.82, 2.24) is 19.9 Å². The van der Waals surface area contributed by atoms with Gasteiger partial charge in [-0.15, -0.1) is 0 Å². The minimum absolute atomic E-state index is 0.0000293. The zero-order valence-electron chi connectivity index (χ0n) is 16.3. The lowest BCUT2D eigenvalue weighted by Gasteiger charge is -2.36. The lowest BCUT2D eigenvalue weighted by atomic mass is 9.93. The second-order valence-electron chi connectivity index (χ2n) is 7.62. The van der Waals surface area contributed by atoms with Crippen LogP contribution in [0.4, 0.5) is 5.82 Å². The van der Waals surface area contributed by atoms with Crippen molar-refractivity contribution in [3.8, 4) is 0 Å². The van der Waals surface area contributed by atoms with Crippen molar-refractivity contribution in [1.29, 1.82) is 0 Å². The first-order chi connectivity index (χ1) is 14.8. The second-order valence-corrected chi connectivity index (χ2v) is 7.62. The van der Waals surface area contributed by atoms with E-state index >= 15 is 0 Å². The molecule has 0 bridgehead atoms. The summed E-state index contributed by atoms with van der Waals surface area (Å²) >= 11 is 0. The Morgan fingerprint density at radius 2 is 1.40 bits per heavy atom. The predicted octanol–water partition coefficient (Wildman–Crippen LogP) is 4.88. The Morgan fingerprint density at radius 1 is 0.667 bits per heavy atom. The molecule has 5 nitrogen and oxygen atoms in total. The van der Waals surface area contributed by atoms with Crippen LogP contribution >= 0.6 is 0 Å². The smallest absolute Gasteiger partial charge is 0.151 e. The van der Waals surface area contributed by atoms with Crippen LogP contribution in [-0.2, 0) is 13.0 Å². The molecule has 2 aromatic heterocycles. The number of hydrogen-bond donors (Lipinski definition) is 0. The monoisotopic (exact) mass is 389 g/mol. The summed E-state index contributed by atoms with van der Waals surface area (Å²) in [5, 5.41) is 1.05. The molecule has 30 heavy (non-hydrogen) atoms. The standard InChI is InChI=1S/C25H19N5/c1-2-9-19-16-30(24-15-26-21-11-5-6-12-22(21)28-24)23(13-17(19)7-1)25-27-14-18-8-3-4-10-20(18)29-25/h1-12,14-15,23H,13,16H2. The maximum absolute atomic E-state index is 4.92. The first-order valence-electron chi connectivity index (χ1n) is 10.1. The van der Waals surface area contributed by atoms with Gasteiger partial charge in [-0.2, -0.15) is 0 Å². The van der Waals surface area contributed by atoms with Gasteiger partial charge < -0.3 is 4.90 Å². The van der Waals surface area contributed by atoms with E-state index in [-0.39, 0.29) is 6.04 Å². The summed E-state index contributed by atoms with van der Waals surface area (Å²) in [6, 6.07) is 24.7. The van der Waals surface area contributed by atoms with Crippen LogP contribution in [0.2, 0.25) is 0 Å². The van der Waals surface area contributed by atoms with E-state index in [4.69, 9.17) is 15.0 Å². The average Bonchev–Trinajstić information content (AvgIpc) is 2.82. The number of para-hydroxylation sites is 3. The fourth-order valence-corrected chi connectivity index (χ4v) is 4.23. The van der Waals surface area contributed by atoms with E-state index < -0.39 is 0 Å². The lowest BCUT2D eigenvalue weighted by molar-refractivity contribution is 0.548. The maximum Gasteiger partial charge on any atom is 0.151 e. The summed E-state index contributed by atoms with van der Waals surface area (Å²) in [7, 11) is 0. The number of benzene rings is 3. The van der Waals surface area contributed by atoms with E-state index in [9.17, 15) is 0 Å². The van der Waals surface area contributed by atoms with Crippen LogP contribution in [0.15, 0.2) is 85.2 Å². The molecule has 3 heterocycles. The molecular weight excluding hydrogens is 370 g/mol. The number of anilines is 1. The molecule has 144 valence electrons. The Bertz CT molecular complexity index is 1270. The van der Waals surface area contributed by atoms with Crippen molar-refractivity contribution in [2.24, 2.45) is 0 Å². The molecule has 1 aliphatic heterocycles. The molecule has 0 saturated carbocycles. The molecular formula is C25H19N5. The van der Waals surface area contributed by atoms with Crippen LogP contribution in [0.3, 0.4) is 0 Å². The molecule has 0 fully saturated rings. The average molecular weight is 389 g/mol. The van der Waals surface area contributed by atoms with Gasteiger partial charge in [0.25, 0.3) is 0 Å². The fourth-order valence-electron chi connectivity index (χ4n) is 4.23. The highest BCUT2D eigenvalue weighted by Crippen LogP contribution is 2.35. The molecule has 0 spiro atoms. The van der Waals surface area contributed by atoms with Crippen molar-refractivity contribution in [3.05, 3.63) is 102 Å². The van der Waals surface area contributed by atoms with Crippen LogP contribution in [0, 0.1) is 0 Å². The lowest BCUT2D eigenvalue weighted by Crippen LogP contribution is -2.36. The fraction of sp³-hybridized carbons (Fsp3) is 0.120. The number of fused-ring (bicyclic) bond motifs is 3. The topological polar surface area (TPSA) is 54.8 Å². The summed E-state index contributed by atoms with van der Waals surface area (Å²) in [4.78, 5) is 21.5. The van der Waals surface area contributed by atoms with E-state index in [2.05, 4.69) is 34.1 Å². The summed E-state index contributed by atoms with van der Waals surface area (Å²) < 4.78 is 0. The van der Waals surface area contributed by atoms with Crippen molar-refractivity contribution in [3.63, 3.8) is 0 Å². The minimum atomic E-state index is -0.0000293. The Hall–Kier alpha value is -3.86. The Labute approximate surface area is 174 Å². The number of rotatable bonds is 2. The van der Waals surface area contributed by atoms with E-state index in [0.29, 0.717) is 0 Å². The van der Waals surface area contributed by atoms with Gasteiger partial charge in [-0.1, -0.05) is 54.6 Å². The molecule has 1 atom stereocenters. The third-order valence-electron chi connectivity index (χ3n) is 5.78. The molecule has 5 aromatic rings. The summed E-state index contributed by atoms with van der Waals surface area (Å²) in [5.74, 6) is 1.67. The van der Waals surface area contributed by atoms with Gasteiger partial charge in [0.15, 0.2) is 5.82 Å². The van der Waals surface area contributed by atoms with E-state index in [1.807, 2.05) is 60.9 Å². The summed E-state index contributed by atoms with van der Waals surface area (Å²) in [6.07, 6.45) is 4.62. The molecule has 6 rings (SSSR count). The van der Waals surface area contributed by atoms with Gasteiger partial charge in [0.2, 0.25) is 0 Å². The maximum atomic E-state index is 4.92. The molecule has 0 N–H and O–H groups in total. The van der Waals surface area contributed by atoms with Gasteiger partial charge in [-0.25, -0.2) is 15.0 Å². The van der Waals surface area contributed by atoms with Crippen molar-refractivity contribution in [2.75, 3.05) is 4.90 Å². The number of hydrogen-bond acceptors (Lipinski definition) is 5. The molecule has 3 aromatic carbocycles. The highest BCUT2D eigenvalue weighted by atomic mass is 15.2. The largest absolute Gasteiger partial charge is 0.340 e. The third-order valence-corrected chi connectivity index (χ3v) is 5.78. The van der Waals surface area contributed by atoms with E-state index in [1.54, 1.807) is 0 Å². The number of nitrogens with zero attached hydrogens (tertiary/aromatic N) is 5. The Balaban J connectivity index is 1.50. The van der Waals surface area contributed by atoms with Gasteiger partial charge in [0, 0.05) is 24.5 Å². The Morgan fingerprint density at radius 3 is 2.30 bits per heavy atom. The third kappa shape index (κ3) is 2.87. The van der Waals surface area contributed by atoms with E-state index in [0.717, 1.165) is 46.5 Å². The first kappa shape index (κ1) is 17.0. The molecule has 0 radical (unpaired) electrons. The second kappa shape index (κ2) is 6.88. The van der Waals surface area contributed by atoms with Crippen LogP contribution in [0.5, 0.6) is 0 Å². The number of aromatic nitrogens is 4. The van der Waals surface area contributed by atoms with Crippen molar-refractivity contribution < 1.29 is 0 Å². The van der Waals surface area contributed by atoms with Gasteiger partial charge in [0.1, 0.15) is 5.82 Å². The minimum Gasteiger partial charge on any atom is -0.340 e. The normalized spacial score (nSPS) is 16.0. The highest BCUT2D eigenvalue weighted by Gasteiger charge is 2.30. The van der Waals surface area contributed by atoms with Gasteiger partial charge >= 0.3 is 0 Å². The zero-order chi connectivity index (χ0) is 19.9.